The second kappa shape index (κ2) is 6.64. The maximum Gasteiger partial charge on any atom is 0.339 e. The molecule has 1 unspecified atom stereocenters. The first-order valence-corrected chi connectivity index (χ1v) is 7.38. The highest BCUT2D eigenvalue weighted by atomic mass is 16.4. The summed E-state index contributed by atoms with van der Waals surface area (Å²) in [5.74, 6) is -1.53. The van der Waals surface area contributed by atoms with Crippen molar-refractivity contribution in [3.05, 3.63) is 23.2 Å². The van der Waals surface area contributed by atoms with Crippen molar-refractivity contribution in [2.24, 2.45) is 0 Å². The van der Waals surface area contributed by atoms with Crippen LogP contribution in [0.15, 0.2) is 10.5 Å². The summed E-state index contributed by atoms with van der Waals surface area (Å²) in [6, 6.07) is 0.716. The Morgan fingerprint density at radius 2 is 2.14 bits per heavy atom. The van der Waals surface area contributed by atoms with Gasteiger partial charge in [-0.25, -0.2) is 4.79 Å². The van der Waals surface area contributed by atoms with Gasteiger partial charge in [-0.15, -0.1) is 0 Å². The number of carboxylic acids is 1. The van der Waals surface area contributed by atoms with Gasteiger partial charge >= 0.3 is 5.97 Å². The number of aryl methyl sites for hydroxylation is 1. The van der Waals surface area contributed by atoms with E-state index in [1.165, 1.54) is 18.0 Å². The highest BCUT2D eigenvalue weighted by Gasteiger charge is 2.34. The lowest BCUT2D eigenvalue weighted by Crippen LogP contribution is -2.51. The average molecular weight is 308 g/mol. The van der Waals surface area contributed by atoms with Crippen molar-refractivity contribution < 1.29 is 23.9 Å². The van der Waals surface area contributed by atoms with Crippen LogP contribution in [-0.2, 0) is 11.2 Å². The molecule has 22 heavy (non-hydrogen) atoms. The van der Waals surface area contributed by atoms with E-state index < -0.39 is 17.9 Å². The van der Waals surface area contributed by atoms with E-state index >= 15 is 0 Å². The lowest BCUT2D eigenvalue weighted by atomic mass is 10.0. The molecule has 0 radical (unpaired) electrons. The first-order chi connectivity index (χ1) is 10.5. The molecule has 0 bridgehead atoms. The molecular weight excluding hydrogens is 288 g/mol. The minimum atomic E-state index is -1.12. The van der Waals surface area contributed by atoms with E-state index in [0.717, 1.165) is 12.8 Å². The van der Waals surface area contributed by atoms with E-state index in [0.29, 0.717) is 19.4 Å². The molecule has 1 atom stereocenters. The van der Waals surface area contributed by atoms with E-state index in [9.17, 15) is 14.4 Å². The van der Waals surface area contributed by atoms with Gasteiger partial charge in [-0.05, 0) is 19.3 Å². The molecule has 1 aromatic heterocycles. The molecule has 1 aliphatic heterocycles. The number of carbonyl (C=O) groups excluding carboxylic acids is 2. The summed E-state index contributed by atoms with van der Waals surface area (Å²) in [6.07, 6.45) is 2.67. The lowest BCUT2D eigenvalue weighted by molar-refractivity contribution is -0.126. The Kier molecular flexibility index (Phi) is 4.85. The van der Waals surface area contributed by atoms with Gasteiger partial charge in [0.05, 0.1) is 0 Å². The van der Waals surface area contributed by atoms with Crippen LogP contribution in [0.4, 0.5) is 0 Å². The van der Waals surface area contributed by atoms with E-state index in [1.807, 2.05) is 0 Å². The van der Waals surface area contributed by atoms with Gasteiger partial charge in [0.2, 0.25) is 5.91 Å². The standard InChI is InChI=1S/C15H20N2O5/c1-3-11-9(15(20)21)8-12(22-11)14(19)17-7-5-4-6-10(17)13(18)16-2/h8,10H,3-7H2,1-2H3,(H,16,18)(H,20,21). The normalized spacial score (nSPS) is 18.1. The largest absolute Gasteiger partial charge is 0.478 e. The summed E-state index contributed by atoms with van der Waals surface area (Å²) in [7, 11) is 1.53. The summed E-state index contributed by atoms with van der Waals surface area (Å²) in [4.78, 5) is 37.1. The number of aromatic carboxylic acids is 1. The zero-order chi connectivity index (χ0) is 16.3. The van der Waals surface area contributed by atoms with Crippen molar-refractivity contribution in [1.29, 1.82) is 0 Å². The second-order valence-electron chi connectivity index (χ2n) is 5.23. The number of hydrogen-bond donors (Lipinski definition) is 2. The van der Waals surface area contributed by atoms with Crippen LogP contribution in [0.5, 0.6) is 0 Å². The molecule has 1 aliphatic rings. The number of likely N-dealkylation sites (tertiary alicyclic amines) is 1. The van der Waals surface area contributed by atoms with Gasteiger partial charge in [-0.1, -0.05) is 6.92 Å². The molecule has 7 heteroatoms. The van der Waals surface area contributed by atoms with Crippen LogP contribution in [0.1, 0.15) is 52.9 Å². The zero-order valence-corrected chi connectivity index (χ0v) is 12.7. The topological polar surface area (TPSA) is 99.9 Å². The summed E-state index contributed by atoms with van der Waals surface area (Å²) < 4.78 is 5.40. The number of likely N-dealkylation sites (N-methyl/N-ethyl adjacent to an activating group) is 1. The van der Waals surface area contributed by atoms with Gasteiger partial charge in [0.1, 0.15) is 17.4 Å². The molecule has 0 aromatic carbocycles. The fraction of sp³-hybridized carbons (Fsp3) is 0.533. The summed E-state index contributed by atoms with van der Waals surface area (Å²) in [6.45, 7) is 2.22. The molecule has 1 aromatic rings. The quantitative estimate of drug-likeness (QED) is 0.873. The average Bonchev–Trinajstić information content (AvgIpc) is 2.98. The summed E-state index contributed by atoms with van der Waals surface area (Å²) in [5.41, 5.74) is -0.000600. The van der Waals surface area contributed by atoms with Crippen LogP contribution in [0.3, 0.4) is 0 Å². The molecule has 2 rings (SSSR count). The number of amides is 2. The number of hydrogen-bond acceptors (Lipinski definition) is 4. The number of carbonyl (C=O) groups is 3. The van der Waals surface area contributed by atoms with Crippen LogP contribution < -0.4 is 5.32 Å². The number of nitrogens with zero attached hydrogens (tertiary/aromatic N) is 1. The van der Waals surface area contributed by atoms with Crippen LogP contribution in [-0.4, -0.2) is 47.4 Å². The second-order valence-corrected chi connectivity index (χ2v) is 5.23. The molecule has 2 amide bonds. The van der Waals surface area contributed by atoms with Crippen molar-refractivity contribution in [3.63, 3.8) is 0 Å². The third-order valence-corrected chi connectivity index (χ3v) is 3.88. The van der Waals surface area contributed by atoms with Gasteiger partial charge in [-0.3, -0.25) is 9.59 Å². The smallest absolute Gasteiger partial charge is 0.339 e. The Bertz CT molecular complexity index is 593. The lowest BCUT2D eigenvalue weighted by Gasteiger charge is -2.33. The summed E-state index contributed by atoms with van der Waals surface area (Å²) >= 11 is 0. The Labute approximate surface area is 128 Å². The van der Waals surface area contributed by atoms with Gasteiger partial charge in [0.25, 0.3) is 5.91 Å². The van der Waals surface area contributed by atoms with E-state index in [2.05, 4.69) is 5.32 Å². The molecule has 2 heterocycles. The van der Waals surface area contributed by atoms with Crippen molar-refractivity contribution in [2.75, 3.05) is 13.6 Å². The Morgan fingerprint density at radius 3 is 2.68 bits per heavy atom. The Morgan fingerprint density at radius 1 is 1.41 bits per heavy atom. The molecule has 7 nitrogen and oxygen atoms in total. The molecule has 0 aliphatic carbocycles. The number of carboxylic acid groups (broad SMARTS) is 1. The molecule has 120 valence electrons. The predicted molar refractivity (Wildman–Crippen MR) is 77.8 cm³/mol. The minimum absolute atomic E-state index is 0.000600. The molecular formula is C15H20N2O5. The van der Waals surface area contributed by atoms with Crippen LogP contribution in [0.25, 0.3) is 0 Å². The highest BCUT2D eigenvalue weighted by molar-refractivity contribution is 5.98. The number of rotatable bonds is 4. The van der Waals surface area contributed by atoms with Crippen molar-refractivity contribution in [2.45, 2.75) is 38.6 Å². The third kappa shape index (κ3) is 2.98. The molecule has 0 spiro atoms. The molecule has 2 N–H and O–H groups in total. The number of nitrogens with one attached hydrogen (secondary N) is 1. The van der Waals surface area contributed by atoms with Gasteiger partial charge in [0.15, 0.2) is 5.76 Å². The number of furan rings is 1. The fourth-order valence-electron chi connectivity index (χ4n) is 2.73. The molecule has 0 saturated carbocycles. The fourth-order valence-corrected chi connectivity index (χ4v) is 2.73. The first kappa shape index (κ1) is 16.1. The van der Waals surface area contributed by atoms with Crippen molar-refractivity contribution in [3.8, 4) is 0 Å². The SMILES string of the molecule is CCc1oc(C(=O)N2CCCCC2C(=O)NC)cc1C(=O)O. The van der Waals surface area contributed by atoms with Crippen LogP contribution >= 0.6 is 0 Å². The first-order valence-electron chi connectivity index (χ1n) is 7.38. The predicted octanol–water partition coefficient (Wildman–Crippen LogP) is 1.28. The maximum absolute atomic E-state index is 12.6. The molecule has 1 saturated heterocycles. The zero-order valence-electron chi connectivity index (χ0n) is 12.7. The maximum atomic E-state index is 12.6. The van der Waals surface area contributed by atoms with E-state index in [1.54, 1.807) is 6.92 Å². The molecule has 1 fully saturated rings. The summed E-state index contributed by atoms with van der Waals surface area (Å²) in [5, 5.41) is 11.7. The monoisotopic (exact) mass is 308 g/mol. The minimum Gasteiger partial charge on any atom is -0.478 e. The van der Waals surface area contributed by atoms with E-state index in [-0.39, 0.29) is 23.0 Å². The Hall–Kier alpha value is -2.31. The van der Waals surface area contributed by atoms with Crippen LogP contribution in [0, 0.1) is 0 Å². The van der Waals surface area contributed by atoms with Gasteiger partial charge < -0.3 is 19.7 Å². The van der Waals surface area contributed by atoms with Crippen molar-refractivity contribution >= 4 is 17.8 Å². The third-order valence-electron chi connectivity index (χ3n) is 3.88. The Balaban J connectivity index is 2.29. The van der Waals surface area contributed by atoms with E-state index in [4.69, 9.17) is 9.52 Å². The van der Waals surface area contributed by atoms with Gasteiger partial charge in [0, 0.05) is 26.1 Å². The number of piperidine rings is 1. The highest BCUT2D eigenvalue weighted by Crippen LogP contribution is 2.23. The van der Waals surface area contributed by atoms with Crippen LogP contribution in [0.2, 0.25) is 0 Å². The van der Waals surface area contributed by atoms with Crippen molar-refractivity contribution in [1.82, 2.24) is 10.2 Å². The van der Waals surface area contributed by atoms with Gasteiger partial charge in [-0.2, -0.15) is 0 Å².